The van der Waals surface area contributed by atoms with Gasteiger partial charge in [-0.05, 0) is 43.0 Å². The predicted molar refractivity (Wildman–Crippen MR) is 80.8 cm³/mol. The molecule has 0 unspecified atom stereocenters. The summed E-state index contributed by atoms with van der Waals surface area (Å²) in [5.41, 5.74) is -0.682. The minimum absolute atomic E-state index is 0.296. The van der Waals surface area contributed by atoms with Crippen molar-refractivity contribution in [1.82, 2.24) is 19.2 Å². The summed E-state index contributed by atoms with van der Waals surface area (Å²) in [6.07, 6.45) is -1.85. The van der Waals surface area contributed by atoms with Crippen LogP contribution in [0.15, 0.2) is 29.1 Å². The zero-order chi connectivity index (χ0) is 16.9. The lowest BCUT2D eigenvalue weighted by atomic mass is 10.2. The molecule has 1 saturated carbocycles. The van der Waals surface area contributed by atoms with Crippen LogP contribution in [0, 0.1) is 5.92 Å². The van der Waals surface area contributed by atoms with Crippen LogP contribution >= 0.6 is 0 Å². The van der Waals surface area contributed by atoms with Gasteiger partial charge in [-0.2, -0.15) is 17.9 Å². The average molecular weight is 338 g/mol. The molecule has 1 aliphatic heterocycles. The zero-order valence-corrected chi connectivity index (χ0v) is 13.0. The van der Waals surface area contributed by atoms with Gasteiger partial charge < -0.3 is 0 Å². The number of hydrogen-bond acceptors (Lipinski definition) is 3. The third-order valence-electron chi connectivity index (χ3n) is 4.60. The van der Waals surface area contributed by atoms with Crippen LogP contribution in [0.2, 0.25) is 0 Å². The highest BCUT2D eigenvalue weighted by molar-refractivity contribution is 5.34. The van der Waals surface area contributed by atoms with Crippen molar-refractivity contribution < 1.29 is 13.2 Å². The van der Waals surface area contributed by atoms with Crippen LogP contribution < -0.4 is 5.69 Å². The van der Waals surface area contributed by atoms with Crippen LogP contribution in [-0.4, -0.2) is 32.3 Å². The monoisotopic (exact) mass is 338 g/mol. The number of rotatable bonds is 3. The molecule has 0 spiro atoms. The zero-order valence-electron chi connectivity index (χ0n) is 13.0. The molecule has 0 amide bonds. The van der Waals surface area contributed by atoms with E-state index in [0.29, 0.717) is 24.6 Å². The first-order valence-electron chi connectivity index (χ1n) is 8.00. The van der Waals surface area contributed by atoms with Crippen molar-refractivity contribution in [3.8, 4) is 5.69 Å². The number of benzene rings is 1. The van der Waals surface area contributed by atoms with Gasteiger partial charge in [0.2, 0.25) is 0 Å². The highest BCUT2D eigenvalue weighted by Gasteiger charge is 2.31. The number of nitrogens with zero attached hydrogens (tertiary/aromatic N) is 4. The van der Waals surface area contributed by atoms with Crippen molar-refractivity contribution in [3.05, 3.63) is 46.1 Å². The van der Waals surface area contributed by atoms with Gasteiger partial charge in [0.25, 0.3) is 0 Å². The molecule has 24 heavy (non-hydrogen) atoms. The highest BCUT2D eigenvalue weighted by Crippen LogP contribution is 2.31. The van der Waals surface area contributed by atoms with E-state index in [2.05, 4.69) is 10.00 Å². The molecule has 8 heteroatoms. The Bertz CT molecular complexity index is 802. The summed E-state index contributed by atoms with van der Waals surface area (Å²) in [5, 5.41) is 4.33. The third kappa shape index (κ3) is 2.86. The van der Waals surface area contributed by atoms with Gasteiger partial charge >= 0.3 is 11.9 Å². The van der Waals surface area contributed by atoms with E-state index >= 15 is 0 Å². The summed E-state index contributed by atoms with van der Waals surface area (Å²) < 4.78 is 40.7. The first-order valence-corrected chi connectivity index (χ1v) is 8.00. The van der Waals surface area contributed by atoms with Gasteiger partial charge in [0, 0.05) is 19.6 Å². The molecule has 128 valence electrons. The summed E-state index contributed by atoms with van der Waals surface area (Å²) in [5.74, 6) is 1.44. The Kier molecular flexibility index (Phi) is 3.52. The summed E-state index contributed by atoms with van der Waals surface area (Å²) in [7, 11) is 0. The first-order chi connectivity index (χ1) is 11.4. The molecule has 0 saturated heterocycles. The Hall–Kier alpha value is -2.09. The molecule has 0 bridgehead atoms. The summed E-state index contributed by atoms with van der Waals surface area (Å²) >= 11 is 0. The van der Waals surface area contributed by atoms with E-state index in [1.807, 2.05) is 0 Å². The maximum Gasteiger partial charge on any atom is 0.416 e. The molecule has 1 fully saturated rings. The minimum Gasteiger partial charge on any atom is -0.294 e. The normalized spacial score (nSPS) is 18.6. The van der Waals surface area contributed by atoms with Crippen LogP contribution in [0.4, 0.5) is 13.2 Å². The summed E-state index contributed by atoms with van der Waals surface area (Å²) in [6.45, 7) is 3.02. The smallest absolute Gasteiger partial charge is 0.294 e. The second kappa shape index (κ2) is 5.47. The van der Waals surface area contributed by atoms with E-state index in [1.165, 1.54) is 29.7 Å². The van der Waals surface area contributed by atoms with E-state index in [9.17, 15) is 18.0 Å². The van der Waals surface area contributed by atoms with Gasteiger partial charge in [-0.3, -0.25) is 9.47 Å². The molecule has 4 rings (SSSR count). The van der Waals surface area contributed by atoms with Crippen LogP contribution in [0.3, 0.4) is 0 Å². The van der Waals surface area contributed by atoms with Gasteiger partial charge in [-0.25, -0.2) is 4.79 Å². The van der Waals surface area contributed by atoms with Crippen LogP contribution in [0.1, 0.15) is 24.2 Å². The predicted octanol–water partition coefficient (Wildman–Crippen LogP) is 2.28. The molecule has 2 aromatic rings. The molecule has 2 aliphatic rings. The molecule has 0 radical (unpaired) electrons. The lowest BCUT2D eigenvalue weighted by molar-refractivity contribution is -0.137. The van der Waals surface area contributed by atoms with Gasteiger partial charge in [-0.15, -0.1) is 5.10 Å². The number of fused-ring (bicyclic) bond motifs is 1. The molecular formula is C16H17F3N4O. The number of halogens is 3. The average Bonchev–Trinajstić information content (AvgIpc) is 3.29. The fraction of sp³-hybridized carbons (Fsp3) is 0.500. The Balaban J connectivity index is 1.60. The Morgan fingerprint density at radius 3 is 2.46 bits per heavy atom. The Labute approximate surface area is 136 Å². The van der Waals surface area contributed by atoms with Crippen molar-refractivity contribution in [3.63, 3.8) is 0 Å². The molecular weight excluding hydrogens is 321 g/mol. The first kappa shape index (κ1) is 15.4. The van der Waals surface area contributed by atoms with Crippen molar-refractivity contribution in [2.24, 2.45) is 5.92 Å². The summed E-state index contributed by atoms with van der Waals surface area (Å²) in [6, 6.07) is 4.51. The molecule has 0 N–H and O–H groups in total. The largest absolute Gasteiger partial charge is 0.416 e. The number of aromatic nitrogens is 3. The third-order valence-corrected chi connectivity index (χ3v) is 4.60. The highest BCUT2D eigenvalue weighted by atomic mass is 19.4. The Morgan fingerprint density at radius 1 is 1.12 bits per heavy atom. The number of alkyl halides is 3. The molecule has 1 aliphatic carbocycles. The van der Waals surface area contributed by atoms with Crippen LogP contribution in [-0.2, 0) is 19.3 Å². The molecule has 1 aromatic carbocycles. The molecule has 1 aromatic heterocycles. The molecule has 5 nitrogen and oxygen atoms in total. The SMILES string of the molecule is O=c1n(-c2ccc(C(F)(F)F)cc2)nc2n1CCN(CC1CC1)C2. The number of hydrogen-bond donors (Lipinski definition) is 0. The molecule has 0 atom stereocenters. The van der Waals surface area contributed by atoms with Gasteiger partial charge in [0.1, 0.15) is 5.82 Å². The van der Waals surface area contributed by atoms with Crippen LogP contribution in [0.25, 0.3) is 5.69 Å². The standard InChI is InChI=1S/C16H17F3N4O/c17-16(18,19)12-3-5-13(6-4-12)23-15(24)22-8-7-21(9-11-1-2-11)10-14(22)20-23/h3-6,11H,1-2,7-10H2. The van der Waals surface area contributed by atoms with E-state index < -0.39 is 11.7 Å². The fourth-order valence-corrected chi connectivity index (χ4v) is 3.08. The van der Waals surface area contributed by atoms with Crippen molar-refractivity contribution >= 4 is 0 Å². The maximum absolute atomic E-state index is 12.6. The van der Waals surface area contributed by atoms with Crippen molar-refractivity contribution in [2.75, 3.05) is 13.1 Å². The van der Waals surface area contributed by atoms with Crippen LogP contribution in [0.5, 0.6) is 0 Å². The lowest BCUT2D eigenvalue weighted by Crippen LogP contribution is -2.38. The lowest BCUT2D eigenvalue weighted by Gasteiger charge is -2.26. The van der Waals surface area contributed by atoms with E-state index in [-0.39, 0.29) is 5.69 Å². The quantitative estimate of drug-likeness (QED) is 0.862. The van der Waals surface area contributed by atoms with Crippen molar-refractivity contribution in [1.29, 1.82) is 0 Å². The topological polar surface area (TPSA) is 43.1 Å². The molecule has 2 heterocycles. The second-order valence-corrected chi connectivity index (χ2v) is 6.49. The van der Waals surface area contributed by atoms with Gasteiger partial charge in [0.05, 0.1) is 17.8 Å². The van der Waals surface area contributed by atoms with Gasteiger partial charge in [-0.1, -0.05) is 0 Å². The van der Waals surface area contributed by atoms with Gasteiger partial charge in [0.15, 0.2) is 0 Å². The van der Waals surface area contributed by atoms with E-state index in [0.717, 1.165) is 31.1 Å². The maximum atomic E-state index is 12.6. The van der Waals surface area contributed by atoms with E-state index in [1.54, 1.807) is 4.57 Å². The summed E-state index contributed by atoms with van der Waals surface area (Å²) in [4.78, 5) is 14.7. The van der Waals surface area contributed by atoms with Crippen molar-refractivity contribution in [2.45, 2.75) is 32.1 Å². The minimum atomic E-state index is -4.39. The fourth-order valence-electron chi connectivity index (χ4n) is 3.08. The van der Waals surface area contributed by atoms with E-state index in [4.69, 9.17) is 0 Å². The Morgan fingerprint density at radius 2 is 1.83 bits per heavy atom. The second-order valence-electron chi connectivity index (χ2n) is 6.49.